The summed E-state index contributed by atoms with van der Waals surface area (Å²) in [4.78, 5) is 48.3. The highest BCUT2D eigenvalue weighted by Crippen LogP contribution is 2.11. The molecule has 0 aliphatic rings. The van der Waals surface area contributed by atoms with Gasteiger partial charge in [0, 0.05) is 6.42 Å². The van der Waals surface area contributed by atoms with Crippen LogP contribution in [0.5, 0.6) is 5.75 Å². The quantitative estimate of drug-likeness (QED) is 0.140. The SMILES string of the molecule is NCCCCC(NC(=O)C(CO)NC(=O)C(Cc1ccc(O)cc1)NC(=O)CN)C(=O)O. The first-order chi connectivity index (χ1) is 15.2. The van der Waals surface area contributed by atoms with Crippen LogP contribution in [0.2, 0.25) is 0 Å². The van der Waals surface area contributed by atoms with E-state index in [2.05, 4.69) is 16.0 Å². The van der Waals surface area contributed by atoms with E-state index in [1.165, 1.54) is 12.1 Å². The van der Waals surface area contributed by atoms with Crippen LogP contribution < -0.4 is 27.4 Å². The molecule has 1 aromatic rings. The number of unbranched alkanes of at least 4 members (excludes halogenated alkanes) is 1. The van der Waals surface area contributed by atoms with Gasteiger partial charge < -0.3 is 42.7 Å². The molecule has 32 heavy (non-hydrogen) atoms. The van der Waals surface area contributed by atoms with Crippen LogP contribution in [-0.2, 0) is 25.6 Å². The number of benzene rings is 1. The van der Waals surface area contributed by atoms with E-state index in [0.717, 1.165) is 0 Å². The summed E-state index contributed by atoms with van der Waals surface area (Å²) in [5.74, 6) is -3.49. The Morgan fingerprint density at radius 2 is 1.47 bits per heavy atom. The van der Waals surface area contributed by atoms with Crippen LogP contribution in [0.1, 0.15) is 24.8 Å². The van der Waals surface area contributed by atoms with E-state index in [-0.39, 0.29) is 25.1 Å². The highest BCUT2D eigenvalue weighted by atomic mass is 16.4. The molecule has 3 unspecified atom stereocenters. The molecule has 0 fully saturated rings. The minimum absolute atomic E-state index is 0.0223. The molecule has 0 bridgehead atoms. The second-order valence-corrected chi connectivity index (χ2v) is 7.12. The van der Waals surface area contributed by atoms with Gasteiger partial charge >= 0.3 is 5.97 Å². The number of carbonyl (C=O) groups excluding carboxylic acids is 3. The number of hydrogen-bond acceptors (Lipinski definition) is 8. The van der Waals surface area contributed by atoms with Crippen LogP contribution in [-0.4, -0.2) is 76.8 Å². The number of carbonyl (C=O) groups is 4. The van der Waals surface area contributed by atoms with Crippen LogP contribution in [0.3, 0.4) is 0 Å². The average Bonchev–Trinajstić information content (AvgIpc) is 2.77. The molecule has 1 aromatic carbocycles. The first-order valence-corrected chi connectivity index (χ1v) is 10.1. The van der Waals surface area contributed by atoms with Gasteiger partial charge in [0.15, 0.2) is 0 Å². The van der Waals surface area contributed by atoms with E-state index in [1.54, 1.807) is 12.1 Å². The second kappa shape index (κ2) is 14.0. The fraction of sp³-hybridized carbons (Fsp3) is 0.500. The molecule has 0 aromatic heterocycles. The lowest BCUT2D eigenvalue weighted by Gasteiger charge is -2.23. The molecule has 12 nitrogen and oxygen atoms in total. The Balaban J connectivity index is 2.86. The van der Waals surface area contributed by atoms with Crippen molar-refractivity contribution in [2.45, 2.75) is 43.8 Å². The topological polar surface area (TPSA) is 217 Å². The monoisotopic (exact) mass is 453 g/mol. The minimum atomic E-state index is -1.43. The lowest BCUT2D eigenvalue weighted by atomic mass is 10.0. The maximum atomic E-state index is 12.7. The van der Waals surface area contributed by atoms with Gasteiger partial charge in [-0.2, -0.15) is 0 Å². The van der Waals surface area contributed by atoms with Gasteiger partial charge in [0.1, 0.15) is 23.9 Å². The van der Waals surface area contributed by atoms with Crippen molar-refractivity contribution in [2.24, 2.45) is 11.5 Å². The van der Waals surface area contributed by atoms with Crippen molar-refractivity contribution in [3.8, 4) is 5.75 Å². The van der Waals surface area contributed by atoms with Gasteiger partial charge in [-0.3, -0.25) is 14.4 Å². The number of nitrogens with two attached hydrogens (primary N) is 2. The number of aliphatic hydroxyl groups is 1. The van der Waals surface area contributed by atoms with Crippen LogP contribution in [0.15, 0.2) is 24.3 Å². The molecule has 3 amide bonds. The number of aliphatic carboxylic acids is 1. The van der Waals surface area contributed by atoms with Crippen molar-refractivity contribution >= 4 is 23.7 Å². The van der Waals surface area contributed by atoms with Crippen LogP contribution in [0.25, 0.3) is 0 Å². The number of carboxylic acids is 1. The van der Waals surface area contributed by atoms with Crippen LogP contribution >= 0.6 is 0 Å². The number of aliphatic hydroxyl groups excluding tert-OH is 1. The van der Waals surface area contributed by atoms with Crippen molar-refractivity contribution in [3.05, 3.63) is 29.8 Å². The Morgan fingerprint density at radius 3 is 2.00 bits per heavy atom. The summed E-state index contributed by atoms with van der Waals surface area (Å²) in [7, 11) is 0. The highest BCUT2D eigenvalue weighted by molar-refractivity contribution is 5.93. The zero-order valence-electron chi connectivity index (χ0n) is 17.6. The summed E-state index contributed by atoms with van der Waals surface area (Å²) in [6.45, 7) is -0.775. The van der Waals surface area contributed by atoms with Crippen molar-refractivity contribution in [1.82, 2.24) is 16.0 Å². The molecule has 0 heterocycles. The second-order valence-electron chi connectivity index (χ2n) is 7.12. The molecular formula is C20H31N5O7. The maximum Gasteiger partial charge on any atom is 0.326 e. The Hall–Kier alpha value is -3.22. The van der Waals surface area contributed by atoms with Gasteiger partial charge in [-0.05, 0) is 43.5 Å². The zero-order valence-corrected chi connectivity index (χ0v) is 17.6. The summed E-state index contributed by atoms with van der Waals surface area (Å²) in [5.41, 5.74) is 11.3. The van der Waals surface area contributed by atoms with Crippen LogP contribution in [0.4, 0.5) is 0 Å². The van der Waals surface area contributed by atoms with E-state index in [0.29, 0.717) is 24.9 Å². The number of hydrogen-bond donors (Lipinski definition) is 8. The van der Waals surface area contributed by atoms with Gasteiger partial charge in [0.25, 0.3) is 0 Å². The summed E-state index contributed by atoms with van der Waals surface area (Å²) >= 11 is 0. The van der Waals surface area contributed by atoms with Gasteiger partial charge in [-0.1, -0.05) is 12.1 Å². The zero-order chi connectivity index (χ0) is 24.1. The number of carboxylic acid groups (broad SMARTS) is 1. The molecule has 0 radical (unpaired) electrons. The number of phenolic OH excluding ortho intramolecular Hbond substituents is 1. The Labute approximate surface area is 185 Å². The fourth-order valence-electron chi connectivity index (χ4n) is 2.82. The van der Waals surface area contributed by atoms with Crippen LogP contribution in [0, 0.1) is 0 Å². The third-order valence-electron chi connectivity index (χ3n) is 4.59. The first-order valence-electron chi connectivity index (χ1n) is 10.1. The van der Waals surface area contributed by atoms with Crippen molar-refractivity contribution in [1.29, 1.82) is 0 Å². The fourth-order valence-corrected chi connectivity index (χ4v) is 2.82. The van der Waals surface area contributed by atoms with Gasteiger partial charge in [-0.15, -0.1) is 0 Å². The average molecular weight is 453 g/mol. The molecule has 3 atom stereocenters. The molecule has 10 N–H and O–H groups in total. The Morgan fingerprint density at radius 1 is 0.875 bits per heavy atom. The van der Waals surface area contributed by atoms with E-state index < -0.39 is 48.4 Å². The van der Waals surface area contributed by atoms with E-state index >= 15 is 0 Å². The molecule has 0 aliphatic heterocycles. The van der Waals surface area contributed by atoms with Gasteiger partial charge in [0.05, 0.1) is 13.2 Å². The summed E-state index contributed by atoms with van der Waals surface area (Å²) < 4.78 is 0. The number of rotatable bonds is 14. The van der Waals surface area contributed by atoms with E-state index in [4.69, 9.17) is 11.5 Å². The molecule has 0 saturated heterocycles. The third kappa shape index (κ3) is 9.29. The van der Waals surface area contributed by atoms with Gasteiger partial charge in [0.2, 0.25) is 17.7 Å². The Bertz CT molecular complexity index is 772. The normalized spacial score (nSPS) is 13.5. The van der Waals surface area contributed by atoms with Crippen molar-refractivity contribution in [3.63, 3.8) is 0 Å². The standard InChI is InChI=1S/C20H31N5O7/c21-8-2-1-3-14(20(31)32)24-19(30)16(11-26)25-18(29)15(23-17(28)10-22)9-12-4-6-13(27)7-5-12/h4-7,14-16,26-27H,1-3,8-11,21-22H2,(H,23,28)(H,24,30)(H,25,29)(H,31,32). The van der Waals surface area contributed by atoms with Crippen molar-refractivity contribution < 1.29 is 34.5 Å². The number of nitrogens with one attached hydrogen (secondary N) is 3. The van der Waals surface area contributed by atoms with Crippen molar-refractivity contribution in [2.75, 3.05) is 19.7 Å². The molecule has 0 aliphatic carbocycles. The van der Waals surface area contributed by atoms with Gasteiger partial charge in [-0.25, -0.2) is 4.79 Å². The Kier molecular flexibility index (Phi) is 11.7. The predicted molar refractivity (Wildman–Crippen MR) is 114 cm³/mol. The lowest BCUT2D eigenvalue weighted by molar-refractivity contribution is -0.142. The molecule has 178 valence electrons. The summed E-state index contributed by atoms with van der Waals surface area (Å²) in [6, 6.07) is 2.17. The predicted octanol–water partition coefficient (Wildman–Crippen LogP) is -2.45. The lowest BCUT2D eigenvalue weighted by Crippen LogP contribution is -2.57. The summed E-state index contributed by atoms with van der Waals surface area (Å²) in [6.07, 6.45) is 1.22. The molecule has 0 spiro atoms. The summed E-state index contributed by atoms with van der Waals surface area (Å²) in [5, 5.41) is 35.3. The minimum Gasteiger partial charge on any atom is -0.508 e. The van der Waals surface area contributed by atoms with E-state index in [9.17, 15) is 34.5 Å². The number of phenols is 1. The molecule has 0 saturated carbocycles. The first kappa shape index (κ1) is 26.8. The number of aromatic hydroxyl groups is 1. The molecule has 12 heteroatoms. The number of amides is 3. The molecule has 1 rings (SSSR count). The largest absolute Gasteiger partial charge is 0.508 e. The van der Waals surface area contributed by atoms with E-state index in [1.807, 2.05) is 0 Å². The molecular weight excluding hydrogens is 422 g/mol. The maximum absolute atomic E-state index is 12.7. The highest BCUT2D eigenvalue weighted by Gasteiger charge is 2.29. The smallest absolute Gasteiger partial charge is 0.326 e. The third-order valence-corrected chi connectivity index (χ3v) is 4.59.